The molecule has 6 heteroatoms. The molecule has 0 saturated carbocycles. The lowest BCUT2D eigenvalue weighted by Gasteiger charge is -2.29. The summed E-state index contributed by atoms with van der Waals surface area (Å²) in [4.78, 5) is 25.6. The number of halogens is 1. The standard InChI is InChI=1S/C14H12ClNO4/c1-16-12(17)10(8-3-5-9(15)6-4-8)11(19-2)14(7-20-14)13(16)18/h3-6H,7H2,1-2H3. The van der Waals surface area contributed by atoms with Gasteiger partial charge in [0.05, 0.1) is 19.3 Å². The van der Waals surface area contributed by atoms with Gasteiger partial charge in [0.2, 0.25) is 5.60 Å². The van der Waals surface area contributed by atoms with Crippen LogP contribution in [0.4, 0.5) is 0 Å². The summed E-state index contributed by atoms with van der Waals surface area (Å²) in [5, 5.41) is 0.568. The fourth-order valence-electron chi connectivity index (χ4n) is 2.39. The van der Waals surface area contributed by atoms with Gasteiger partial charge >= 0.3 is 0 Å². The van der Waals surface area contributed by atoms with Crippen LogP contribution in [-0.4, -0.2) is 43.1 Å². The Kier molecular flexibility index (Phi) is 2.84. The molecule has 0 N–H and O–H groups in total. The molecule has 1 spiro atoms. The third kappa shape index (κ3) is 1.67. The average Bonchev–Trinajstić information content (AvgIpc) is 3.23. The lowest BCUT2D eigenvalue weighted by atomic mass is 9.92. The minimum atomic E-state index is -1.13. The van der Waals surface area contributed by atoms with Crippen LogP contribution in [0.1, 0.15) is 5.56 Å². The van der Waals surface area contributed by atoms with Crippen molar-refractivity contribution in [1.29, 1.82) is 0 Å². The molecule has 104 valence electrons. The fourth-order valence-corrected chi connectivity index (χ4v) is 2.52. The molecule has 1 unspecified atom stereocenters. The van der Waals surface area contributed by atoms with Crippen LogP contribution in [0, 0.1) is 0 Å². The number of amides is 2. The van der Waals surface area contributed by atoms with E-state index in [4.69, 9.17) is 21.1 Å². The Hall–Kier alpha value is -1.85. The van der Waals surface area contributed by atoms with Crippen LogP contribution in [0.15, 0.2) is 30.0 Å². The molecule has 1 aromatic rings. The number of benzene rings is 1. The van der Waals surface area contributed by atoms with E-state index in [1.807, 2.05) is 0 Å². The minimum Gasteiger partial charge on any atom is -0.496 e. The van der Waals surface area contributed by atoms with E-state index in [1.54, 1.807) is 24.3 Å². The van der Waals surface area contributed by atoms with Crippen molar-refractivity contribution in [2.24, 2.45) is 0 Å². The highest BCUT2D eigenvalue weighted by Crippen LogP contribution is 2.44. The van der Waals surface area contributed by atoms with Crippen LogP contribution in [0.5, 0.6) is 0 Å². The van der Waals surface area contributed by atoms with Crippen LogP contribution >= 0.6 is 11.6 Å². The maximum Gasteiger partial charge on any atom is 0.271 e. The van der Waals surface area contributed by atoms with Crippen molar-refractivity contribution in [1.82, 2.24) is 4.90 Å². The summed E-state index contributed by atoms with van der Waals surface area (Å²) in [6.07, 6.45) is 0. The Morgan fingerprint density at radius 3 is 2.40 bits per heavy atom. The number of carbonyl (C=O) groups is 2. The molecule has 2 heterocycles. The van der Waals surface area contributed by atoms with Crippen molar-refractivity contribution in [3.05, 3.63) is 40.6 Å². The maximum atomic E-state index is 12.4. The SMILES string of the molecule is COC1=C(c2ccc(Cl)cc2)C(=O)N(C)C(=O)C12CO2. The molecule has 1 saturated heterocycles. The number of ether oxygens (including phenoxy) is 2. The molecule has 3 rings (SSSR count). The normalized spacial score (nSPS) is 25.4. The first-order valence-electron chi connectivity index (χ1n) is 6.02. The van der Waals surface area contributed by atoms with E-state index in [1.165, 1.54) is 14.2 Å². The number of methoxy groups -OCH3 is 1. The number of likely N-dealkylation sites (N-methyl/N-ethyl adjacent to an activating group) is 1. The number of carbonyl (C=O) groups excluding carboxylic acids is 2. The maximum absolute atomic E-state index is 12.4. The van der Waals surface area contributed by atoms with Gasteiger partial charge in [0.15, 0.2) is 5.76 Å². The molecule has 0 bridgehead atoms. The Labute approximate surface area is 120 Å². The Balaban J connectivity index is 2.21. The second-order valence-electron chi connectivity index (χ2n) is 4.70. The zero-order chi connectivity index (χ0) is 14.5. The van der Waals surface area contributed by atoms with Gasteiger partial charge in [0.25, 0.3) is 11.8 Å². The third-order valence-corrected chi connectivity index (χ3v) is 3.78. The fraction of sp³-hybridized carbons (Fsp3) is 0.286. The van der Waals surface area contributed by atoms with Crippen LogP contribution in [0.3, 0.4) is 0 Å². The molecule has 2 aliphatic rings. The Morgan fingerprint density at radius 2 is 1.90 bits per heavy atom. The summed E-state index contributed by atoms with van der Waals surface area (Å²) < 4.78 is 10.6. The van der Waals surface area contributed by atoms with Crippen molar-refractivity contribution >= 4 is 29.0 Å². The van der Waals surface area contributed by atoms with E-state index in [-0.39, 0.29) is 12.4 Å². The van der Waals surface area contributed by atoms with Gasteiger partial charge < -0.3 is 9.47 Å². The van der Waals surface area contributed by atoms with Gasteiger partial charge in [0, 0.05) is 12.1 Å². The summed E-state index contributed by atoms with van der Waals surface area (Å²) in [7, 11) is 2.87. The predicted molar refractivity (Wildman–Crippen MR) is 71.8 cm³/mol. The lowest BCUT2D eigenvalue weighted by Crippen LogP contribution is -2.49. The van der Waals surface area contributed by atoms with E-state index < -0.39 is 17.4 Å². The van der Waals surface area contributed by atoms with Crippen LogP contribution in [0.2, 0.25) is 5.02 Å². The zero-order valence-electron chi connectivity index (χ0n) is 11.0. The highest BCUT2D eigenvalue weighted by Gasteiger charge is 2.63. The van der Waals surface area contributed by atoms with Gasteiger partial charge in [-0.25, -0.2) is 0 Å². The largest absolute Gasteiger partial charge is 0.496 e. The number of rotatable bonds is 2. The van der Waals surface area contributed by atoms with Gasteiger partial charge in [-0.1, -0.05) is 23.7 Å². The molecular weight excluding hydrogens is 282 g/mol. The smallest absolute Gasteiger partial charge is 0.271 e. The van der Waals surface area contributed by atoms with E-state index >= 15 is 0 Å². The van der Waals surface area contributed by atoms with Crippen molar-refractivity contribution in [2.45, 2.75) is 5.60 Å². The summed E-state index contributed by atoms with van der Waals surface area (Å²) in [6.45, 7) is 0.226. The molecule has 5 nitrogen and oxygen atoms in total. The van der Waals surface area contributed by atoms with Crippen molar-refractivity contribution in [2.75, 3.05) is 20.8 Å². The van der Waals surface area contributed by atoms with Crippen molar-refractivity contribution < 1.29 is 19.1 Å². The number of nitrogens with zero attached hydrogens (tertiary/aromatic N) is 1. The number of imide groups is 1. The Morgan fingerprint density at radius 1 is 1.30 bits per heavy atom. The molecule has 0 radical (unpaired) electrons. The second kappa shape index (κ2) is 4.33. The van der Waals surface area contributed by atoms with E-state index in [0.717, 1.165) is 4.90 Å². The number of hydrogen-bond acceptors (Lipinski definition) is 4. The first-order chi connectivity index (χ1) is 9.51. The van der Waals surface area contributed by atoms with E-state index in [2.05, 4.69) is 0 Å². The molecule has 2 amide bonds. The summed E-state index contributed by atoms with van der Waals surface area (Å²) in [5.41, 5.74) is -0.152. The predicted octanol–water partition coefficient (Wildman–Crippen LogP) is 1.47. The quantitative estimate of drug-likeness (QED) is 0.612. The molecule has 0 aromatic heterocycles. The second-order valence-corrected chi connectivity index (χ2v) is 5.14. The molecule has 1 atom stereocenters. The monoisotopic (exact) mass is 293 g/mol. The summed E-state index contributed by atoms with van der Waals surface area (Å²) in [6, 6.07) is 6.80. The zero-order valence-corrected chi connectivity index (χ0v) is 11.7. The summed E-state index contributed by atoms with van der Waals surface area (Å²) in [5.74, 6) is -0.528. The number of epoxide rings is 1. The lowest BCUT2D eigenvalue weighted by molar-refractivity contribution is -0.145. The molecular formula is C14H12ClNO4. The first kappa shape index (κ1) is 13.1. The molecule has 0 aliphatic carbocycles. The average molecular weight is 294 g/mol. The molecule has 1 aromatic carbocycles. The van der Waals surface area contributed by atoms with E-state index in [9.17, 15) is 9.59 Å². The highest BCUT2D eigenvalue weighted by molar-refractivity contribution is 6.31. The van der Waals surface area contributed by atoms with Gasteiger partial charge in [-0.05, 0) is 17.7 Å². The van der Waals surface area contributed by atoms with Crippen LogP contribution in [-0.2, 0) is 19.1 Å². The van der Waals surface area contributed by atoms with Crippen molar-refractivity contribution in [3.63, 3.8) is 0 Å². The van der Waals surface area contributed by atoms with Gasteiger partial charge in [-0.2, -0.15) is 0 Å². The van der Waals surface area contributed by atoms with Crippen LogP contribution < -0.4 is 0 Å². The number of hydrogen-bond donors (Lipinski definition) is 0. The Bertz CT molecular complexity index is 631. The van der Waals surface area contributed by atoms with Crippen molar-refractivity contribution in [3.8, 4) is 0 Å². The van der Waals surface area contributed by atoms with Gasteiger partial charge in [0.1, 0.15) is 0 Å². The van der Waals surface area contributed by atoms with Gasteiger partial charge in [-0.15, -0.1) is 0 Å². The highest BCUT2D eigenvalue weighted by atomic mass is 35.5. The molecule has 1 fully saturated rings. The third-order valence-electron chi connectivity index (χ3n) is 3.53. The van der Waals surface area contributed by atoms with Gasteiger partial charge in [-0.3, -0.25) is 14.5 Å². The first-order valence-corrected chi connectivity index (χ1v) is 6.40. The summed E-state index contributed by atoms with van der Waals surface area (Å²) >= 11 is 5.86. The molecule has 2 aliphatic heterocycles. The van der Waals surface area contributed by atoms with E-state index in [0.29, 0.717) is 16.2 Å². The topological polar surface area (TPSA) is 59.1 Å². The molecule has 20 heavy (non-hydrogen) atoms. The minimum absolute atomic E-state index is 0.226. The van der Waals surface area contributed by atoms with Crippen LogP contribution in [0.25, 0.3) is 5.57 Å².